The molecule has 2 atom stereocenters. The summed E-state index contributed by atoms with van der Waals surface area (Å²) in [5.41, 5.74) is 3.49. The van der Waals surface area contributed by atoms with E-state index in [0.29, 0.717) is 7.92 Å². The first-order valence-electron chi connectivity index (χ1n) is 10.0. The van der Waals surface area contributed by atoms with Crippen LogP contribution >= 0.6 is 7.92 Å². The maximum absolute atomic E-state index is 2.51. The Morgan fingerprint density at radius 1 is 0.619 bits per heavy atom. The van der Waals surface area contributed by atoms with Crippen LogP contribution in [0.15, 0.2) is 0 Å². The van der Waals surface area contributed by atoms with Crippen molar-refractivity contribution in [3.63, 3.8) is 0 Å². The Balaban J connectivity index is 1.76. The molecule has 3 fully saturated rings. The average molecular weight is 308 g/mol. The van der Waals surface area contributed by atoms with E-state index >= 15 is 0 Å². The number of hydrogen-bond donors (Lipinski definition) is 0. The van der Waals surface area contributed by atoms with Crippen molar-refractivity contribution in [3.8, 4) is 0 Å². The Kier molecular flexibility index (Phi) is 6.06. The number of hydrogen-bond acceptors (Lipinski definition) is 0. The molecular formula is C20H37P. The summed E-state index contributed by atoms with van der Waals surface area (Å²) in [4.78, 5) is 0. The molecule has 0 bridgehead atoms. The van der Waals surface area contributed by atoms with Crippen LogP contribution in [-0.4, -0.2) is 17.0 Å². The van der Waals surface area contributed by atoms with Crippen molar-refractivity contribution < 1.29 is 0 Å². The van der Waals surface area contributed by atoms with Crippen LogP contribution < -0.4 is 0 Å². The van der Waals surface area contributed by atoms with Gasteiger partial charge in [0, 0.05) is 0 Å². The monoisotopic (exact) mass is 308 g/mol. The molecule has 0 aromatic heterocycles. The molecule has 3 aliphatic rings. The summed E-state index contributed by atoms with van der Waals surface area (Å²) in [6, 6.07) is 0. The highest BCUT2D eigenvalue weighted by molar-refractivity contribution is 7.60. The molecule has 0 saturated heterocycles. The molecule has 122 valence electrons. The molecular weight excluding hydrogens is 271 g/mol. The highest BCUT2D eigenvalue weighted by atomic mass is 31.1. The molecule has 3 aliphatic carbocycles. The molecule has 2 unspecified atom stereocenters. The summed E-state index contributed by atoms with van der Waals surface area (Å²) in [6.07, 6.45) is 20.4. The molecule has 0 N–H and O–H groups in total. The van der Waals surface area contributed by atoms with E-state index in [9.17, 15) is 0 Å². The second-order valence-corrected chi connectivity index (χ2v) is 11.5. The smallest absolute Gasteiger partial charge is 0.0173 e. The highest BCUT2D eigenvalue weighted by Crippen LogP contribution is 2.64. The Morgan fingerprint density at radius 2 is 1.14 bits per heavy atom. The minimum atomic E-state index is 0.330. The van der Waals surface area contributed by atoms with Crippen molar-refractivity contribution in [2.45, 2.75) is 114 Å². The van der Waals surface area contributed by atoms with E-state index in [2.05, 4.69) is 13.8 Å². The lowest BCUT2D eigenvalue weighted by molar-refractivity contribution is 0.393. The van der Waals surface area contributed by atoms with Crippen LogP contribution in [0.1, 0.15) is 97.3 Å². The second kappa shape index (κ2) is 7.81. The van der Waals surface area contributed by atoms with Crippen LogP contribution in [0.25, 0.3) is 0 Å². The fourth-order valence-electron chi connectivity index (χ4n) is 5.72. The standard InChI is InChI=1S/C20H37P/c1-16(2)19-14-9-15-20(19)21(17-10-5-3-6-11-17)18-12-7-4-8-13-18/h16-20H,3-15H2,1-2H3. The van der Waals surface area contributed by atoms with Gasteiger partial charge in [0.1, 0.15) is 0 Å². The third-order valence-electron chi connectivity index (χ3n) is 6.76. The van der Waals surface area contributed by atoms with Crippen LogP contribution in [0.3, 0.4) is 0 Å². The Labute approximate surface area is 134 Å². The molecule has 0 aliphatic heterocycles. The van der Waals surface area contributed by atoms with Gasteiger partial charge < -0.3 is 0 Å². The molecule has 3 rings (SSSR count). The minimum absolute atomic E-state index is 0.330. The molecule has 0 amide bonds. The van der Waals surface area contributed by atoms with Gasteiger partial charge in [0.2, 0.25) is 0 Å². The zero-order chi connectivity index (χ0) is 14.7. The van der Waals surface area contributed by atoms with Gasteiger partial charge in [-0.05, 0) is 67.3 Å². The fourth-order valence-corrected chi connectivity index (χ4v) is 10.7. The van der Waals surface area contributed by atoms with Crippen molar-refractivity contribution in [3.05, 3.63) is 0 Å². The molecule has 0 radical (unpaired) electrons. The summed E-state index contributed by atoms with van der Waals surface area (Å²) in [7, 11) is 0.330. The lowest BCUT2D eigenvalue weighted by Gasteiger charge is -2.44. The second-order valence-electron chi connectivity index (χ2n) is 8.44. The minimum Gasteiger partial charge on any atom is -0.0969 e. The fraction of sp³-hybridized carbons (Fsp3) is 1.00. The van der Waals surface area contributed by atoms with Gasteiger partial charge in [-0.25, -0.2) is 0 Å². The van der Waals surface area contributed by atoms with Gasteiger partial charge in [-0.1, -0.05) is 66.7 Å². The predicted octanol–water partition coefficient (Wildman–Crippen LogP) is 6.96. The van der Waals surface area contributed by atoms with Gasteiger partial charge in [-0.2, -0.15) is 0 Å². The summed E-state index contributed by atoms with van der Waals surface area (Å²) in [5.74, 6) is 2.02. The van der Waals surface area contributed by atoms with E-state index in [0.717, 1.165) is 17.5 Å². The summed E-state index contributed by atoms with van der Waals surface area (Å²) >= 11 is 0. The first-order valence-corrected chi connectivity index (χ1v) is 11.6. The molecule has 0 spiro atoms. The molecule has 0 nitrogen and oxygen atoms in total. The van der Waals surface area contributed by atoms with Gasteiger partial charge in [0.15, 0.2) is 0 Å². The van der Waals surface area contributed by atoms with E-state index in [4.69, 9.17) is 0 Å². The lowest BCUT2D eigenvalue weighted by Crippen LogP contribution is -2.30. The zero-order valence-corrected chi connectivity index (χ0v) is 15.4. The van der Waals surface area contributed by atoms with Crippen molar-refractivity contribution in [2.75, 3.05) is 0 Å². The van der Waals surface area contributed by atoms with Crippen LogP contribution in [0.2, 0.25) is 0 Å². The third kappa shape index (κ3) is 3.85. The molecule has 21 heavy (non-hydrogen) atoms. The predicted molar refractivity (Wildman–Crippen MR) is 96.6 cm³/mol. The van der Waals surface area contributed by atoms with E-state index in [1.54, 1.807) is 70.6 Å². The summed E-state index contributed by atoms with van der Waals surface area (Å²) < 4.78 is 0. The molecule has 0 heterocycles. The largest absolute Gasteiger partial charge is 0.0969 e. The SMILES string of the molecule is CC(C)C1CCCC1P(C1CCCCC1)C1CCCCC1. The van der Waals surface area contributed by atoms with Gasteiger partial charge in [0.25, 0.3) is 0 Å². The average Bonchev–Trinajstić information content (AvgIpc) is 2.99. The molecule has 0 aromatic carbocycles. The Bertz CT molecular complexity index is 281. The van der Waals surface area contributed by atoms with Crippen molar-refractivity contribution in [2.24, 2.45) is 11.8 Å². The Morgan fingerprint density at radius 3 is 1.62 bits per heavy atom. The third-order valence-corrected chi connectivity index (χ3v) is 10.9. The van der Waals surface area contributed by atoms with Gasteiger partial charge in [-0.3, -0.25) is 0 Å². The zero-order valence-electron chi connectivity index (χ0n) is 14.5. The van der Waals surface area contributed by atoms with Crippen LogP contribution in [0, 0.1) is 11.8 Å². The summed E-state index contributed by atoms with van der Waals surface area (Å²) in [6.45, 7) is 5.02. The van der Waals surface area contributed by atoms with Crippen molar-refractivity contribution in [1.82, 2.24) is 0 Å². The first kappa shape index (κ1) is 16.3. The normalized spacial score (nSPS) is 33.1. The summed E-state index contributed by atoms with van der Waals surface area (Å²) in [5, 5.41) is 0. The molecule has 3 saturated carbocycles. The van der Waals surface area contributed by atoms with Crippen molar-refractivity contribution >= 4 is 7.92 Å². The maximum atomic E-state index is 2.51. The van der Waals surface area contributed by atoms with Crippen LogP contribution in [0.4, 0.5) is 0 Å². The van der Waals surface area contributed by atoms with Gasteiger partial charge in [0.05, 0.1) is 0 Å². The van der Waals surface area contributed by atoms with E-state index < -0.39 is 0 Å². The van der Waals surface area contributed by atoms with E-state index in [1.807, 2.05) is 0 Å². The highest BCUT2D eigenvalue weighted by Gasteiger charge is 2.42. The van der Waals surface area contributed by atoms with Crippen molar-refractivity contribution in [1.29, 1.82) is 0 Å². The maximum Gasteiger partial charge on any atom is -0.0173 e. The van der Waals surface area contributed by atoms with Gasteiger partial charge >= 0.3 is 0 Å². The van der Waals surface area contributed by atoms with E-state index in [1.165, 1.54) is 24.2 Å². The van der Waals surface area contributed by atoms with Crippen LogP contribution in [0.5, 0.6) is 0 Å². The lowest BCUT2D eigenvalue weighted by atomic mass is 9.94. The quantitative estimate of drug-likeness (QED) is 0.492. The topological polar surface area (TPSA) is 0 Å². The molecule has 1 heteroatoms. The number of rotatable bonds is 4. The van der Waals surface area contributed by atoms with E-state index in [-0.39, 0.29) is 0 Å². The van der Waals surface area contributed by atoms with Gasteiger partial charge in [-0.15, -0.1) is 0 Å². The molecule has 0 aromatic rings. The van der Waals surface area contributed by atoms with Crippen LogP contribution in [-0.2, 0) is 0 Å². The first-order chi connectivity index (χ1) is 10.3. The Hall–Kier alpha value is 0.430.